The molecule has 3 aromatic carbocycles. The van der Waals surface area contributed by atoms with E-state index >= 15 is 0 Å². The van der Waals surface area contributed by atoms with Gasteiger partial charge in [-0.25, -0.2) is 4.98 Å². The van der Waals surface area contributed by atoms with Crippen LogP contribution in [0, 0.1) is 18.3 Å². The maximum absolute atomic E-state index is 12.8. The van der Waals surface area contributed by atoms with E-state index in [4.69, 9.17) is 4.74 Å². The van der Waals surface area contributed by atoms with Crippen molar-refractivity contribution >= 4 is 27.5 Å². The lowest BCUT2D eigenvalue weighted by molar-refractivity contribution is 0.102. The molecule has 0 bridgehead atoms. The van der Waals surface area contributed by atoms with Crippen molar-refractivity contribution in [3.8, 4) is 23.2 Å². The van der Waals surface area contributed by atoms with Gasteiger partial charge in [-0.1, -0.05) is 34.1 Å². The summed E-state index contributed by atoms with van der Waals surface area (Å²) in [6.45, 7) is 2.22. The molecule has 0 aliphatic carbocycles. The van der Waals surface area contributed by atoms with E-state index in [1.807, 2.05) is 55.1 Å². The fourth-order valence-corrected chi connectivity index (χ4v) is 3.74. The van der Waals surface area contributed by atoms with Crippen molar-refractivity contribution in [2.75, 3.05) is 5.32 Å². The first-order chi connectivity index (χ1) is 15.9. The summed E-state index contributed by atoms with van der Waals surface area (Å²) in [5.41, 5.74) is 4.50. The number of rotatable bonds is 6. The lowest BCUT2D eigenvalue weighted by Gasteiger charge is -2.12. The van der Waals surface area contributed by atoms with Gasteiger partial charge >= 0.3 is 0 Å². The molecule has 1 heterocycles. The number of carbonyl (C=O) groups excluding carboxylic acids is 1. The van der Waals surface area contributed by atoms with E-state index in [1.165, 1.54) is 0 Å². The quantitative estimate of drug-likeness (QED) is 0.359. The first kappa shape index (κ1) is 22.3. The molecular weight excluding hydrogens is 480 g/mol. The van der Waals surface area contributed by atoms with Crippen LogP contribution in [0.3, 0.4) is 0 Å². The summed E-state index contributed by atoms with van der Waals surface area (Å²) in [5.74, 6) is 1.24. The number of benzene rings is 3. The fourth-order valence-electron chi connectivity index (χ4n) is 3.38. The van der Waals surface area contributed by atoms with E-state index in [1.54, 1.807) is 36.5 Å². The lowest BCUT2D eigenvalue weighted by Crippen LogP contribution is -2.13. The van der Waals surface area contributed by atoms with Gasteiger partial charge in [-0.15, -0.1) is 0 Å². The second-order valence-electron chi connectivity index (χ2n) is 7.57. The molecule has 4 rings (SSSR count). The Bertz CT molecular complexity index is 1350. The van der Waals surface area contributed by atoms with E-state index < -0.39 is 0 Å². The molecule has 0 unspecified atom stereocenters. The third kappa shape index (κ3) is 5.13. The number of imidazole rings is 1. The van der Waals surface area contributed by atoms with Crippen LogP contribution in [0.4, 0.5) is 5.69 Å². The molecule has 0 radical (unpaired) electrons. The molecule has 0 aliphatic rings. The van der Waals surface area contributed by atoms with Crippen LogP contribution in [0.15, 0.2) is 77.5 Å². The Morgan fingerprint density at radius 3 is 2.64 bits per heavy atom. The van der Waals surface area contributed by atoms with Crippen LogP contribution in [0.5, 0.6) is 5.75 Å². The standard InChI is InChI=1S/C26H21BrN4O2/c1-17-3-4-19(25-29-11-12-31(25)2)14-24(17)30-26(32)18-6-9-23(10-7-18)33-16-20-5-8-22(27)13-21(20)15-28/h3-14H,16H2,1-2H3,(H,30,32). The number of anilines is 1. The van der Waals surface area contributed by atoms with Gasteiger partial charge in [0.15, 0.2) is 0 Å². The maximum atomic E-state index is 12.8. The zero-order valence-electron chi connectivity index (χ0n) is 18.2. The number of halogens is 1. The second-order valence-corrected chi connectivity index (χ2v) is 8.49. The van der Waals surface area contributed by atoms with Crippen molar-refractivity contribution in [1.82, 2.24) is 9.55 Å². The molecule has 0 fully saturated rings. The minimum atomic E-state index is -0.207. The smallest absolute Gasteiger partial charge is 0.255 e. The Morgan fingerprint density at radius 2 is 1.94 bits per heavy atom. The van der Waals surface area contributed by atoms with Crippen molar-refractivity contribution < 1.29 is 9.53 Å². The highest BCUT2D eigenvalue weighted by molar-refractivity contribution is 9.10. The van der Waals surface area contributed by atoms with Gasteiger partial charge in [0.1, 0.15) is 18.2 Å². The summed E-state index contributed by atoms with van der Waals surface area (Å²) < 4.78 is 8.59. The highest BCUT2D eigenvalue weighted by atomic mass is 79.9. The molecule has 1 aromatic heterocycles. The number of hydrogen-bond donors (Lipinski definition) is 1. The predicted molar refractivity (Wildman–Crippen MR) is 131 cm³/mol. The third-order valence-electron chi connectivity index (χ3n) is 5.27. The van der Waals surface area contributed by atoms with Crippen LogP contribution in [0.2, 0.25) is 0 Å². The number of nitrogens with one attached hydrogen (secondary N) is 1. The largest absolute Gasteiger partial charge is 0.489 e. The lowest BCUT2D eigenvalue weighted by atomic mass is 10.1. The highest BCUT2D eigenvalue weighted by Gasteiger charge is 2.11. The normalized spacial score (nSPS) is 10.5. The van der Waals surface area contributed by atoms with Gasteiger partial charge in [0.05, 0.1) is 11.6 Å². The SMILES string of the molecule is Cc1ccc(-c2nccn2C)cc1NC(=O)c1ccc(OCc2ccc(Br)cc2C#N)cc1. The van der Waals surface area contributed by atoms with Crippen LogP contribution in [-0.2, 0) is 13.7 Å². The average molecular weight is 501 g/mol. The van der Waals surface area contributed by atoms with E-state index in [9.17, 15) is 10.1 Å². The highest BCUT2D eigenvalue weighted by Crippen LogP contribution is 2.25. The Labute approximate surface area is 200 Å². The van der Waals surface area contributed by atoms with Crippen molar-refractivity contribution in [2.24, 2.45) is 7.05 Å². The summed E-state index contributed by atoms with van der Waals surface area (Å²) >= 11 is 3.37. The Balaban J connectivity index is 1.44. The average Bonchev–Trinajstić information content (AvgIpc) is 3.25. The number of aromatic nitrogens is 2. The Morgan fingerprint density at radius 1 is 1.15 bits per heavy atom. The summed E-state index contributed by atoms with van der Waals surface area (Å²) in [6, 6.07) is 20.5. The molecule has 0 atom stereocenters. The van der Waals surface area contributed by atoms with Crippen LogP contribution in [0.1, 0.15) is 27.0 Å². The van der Waals surface area contributed by atoms with Crippen molar-refractivity contribution in [2.45, 2.75) is 13.5 Å². The zero-order valence-corrected chi connectivity index (χ0v) is 19.8. The van der Waals surface area contributed by atoms with E-state index in [2.05, 4.69) is 32.3 Å². The van der Waals surface area contributed by atoms with Crippen LogP contribution in [-0.4, -0.2) is 15.5 Å². The first-order valence-electron chi connectivity index (χ1n) is 10.3. The second kappa shape index (κ2) is 9.72. The number of carbonyl (C=O) groups is 1. The molecule has 0 aliphatic heterocycles. The minimum absolute atomic E-state index is 0.207. The van der Waals surface area contributed by atoms with Gasteiger partial charge in [-0.05, 0) is 55.0 Å². The number of hydrogen-bond acceptors (Lipinski definition) is 4. The van der Waals surface area contributed by atoms with Gasteiger partial charge < -0.3 is 14.6 Å². The number of nitriles is 1. The summed E-state index contributed by atoms with van der Waals surface area (Å²) in [4.78, 5) is 17.2. The van der Waals surface area contributed by atoms with Crippen molar-refractivity contribution in [3.05, 3.63) is 99.8 Å². The van der Waals surface area contributed by atoms with Crippen LogP contribution < -0.4 is 10.1 Å². The predicted octanol–water partition coefficient (Wildman–Crippen LogP) is 5.86. The van der Waals surface area contributed by atoms with Crippen molar-refractivity contribution in [1.29, 1.82) is 5.26 Å². The zero-order chi connectivity index (χ0) is 23.4. The fraction of sp³-hybridized carbons (Fsp3) is 0.115. The van der Waals surface area contributed by atoms with Gasteiger partial charge in [0.2, 0.25) is 0 Å². The third-order valence-corrected chi connectivity index (χ3v) is 5.76. The Kier molecular flexibility index (Phi) is 6.57. The van der Waals surface area contributed by atoms with E-state index in [0.29, 0.717) is 16.9 Å². The first-order valence-corrected chi connectivity index (χ1v) is 11.0. The van der Waals surface area contributed by atoms with E-state index in [0.717, 1.165) is 32.7 Å². The monoisotopic (exact) mass is 500 g/mol. The maximum Gasteiger partial charge on any atom is 0.255 e. The van der Waals surface area contributed by atoms with Gasteiger partial charge in [-0.2, -0.15) is 5.26 Å². The molecule has 1 N–H and O–H groups in total. The molecule has 0 saturated carbocycles. The van der Waals surface area contributed by atoms with E-state index in [-0.39, 0.29) is 12.5 Å². The van der Waals surface area contributed by atoms with Gasteiger partial charge in [0, 0.05) is 46.3 Å². The summed E-state index contributed by atoms with van der Waals surface area (Å²) in [7, 11) is 1.93. The van der Waals surface area contributed by atoms with Gasteiger partial charge in [-0.3, -0.25) is 4.79 Å². The number of amides is 1. The molecular formula is C26H21BrN4O2. The topological polar surface area (TPSA) is 79.9 Å². The molecule has 0 spiro atoms. The number of ether oxygens (including phenoxy) is 1. The van der Waals surface area contributed by atoms with Crippen LogP contribution in [0.25, 0.3) is 11.4 Å². The summed E-state index contributed by atoms with van der Waals surface area (Å²) in [5, 5.41) is 12.3. The number of aryl methyl sites for hydroxylation is 2. The molecule has 33 heavy (non-hydrogen) atoms. The summed E-state index contributed by atoms with van der Waals surface area (Å²) in [6.07, 6.45) is 3.63. The molecule has 4 aromatic rings. The molecule has 7 heteroatoms. The van der Waals surface area contributed by atoms with Crippen LogP contribution >= 0.6 is 15.9 Å². The molecule has 6 nitrogen and oxygen atoms in total. The molecule has 1 amide bonds. The number of nitrogens with zero attached hydrogens (tertiary/aromatic N) is 3. The van der Waals surface area contributed by atoms with Gasteiger partial charge in [0.25, 0.3) is 5.91 Å². The Hall–Kier alpha value is -3.89. The minimum Gasteiger partial charge on any atom is -0.489 e. The molecule has 164 valence electrons. The molecule has 0 saturated heterocycles. The van der Waals surface area contributed by atoms with Crippen molar-refractivity contribution in [3.63, 3.8) is 0 Å².